The minimum atomic E-state index is -3.32. The minimum Gasteiger partial charge on any atom is -0.384 e. The summed E-state index contributed by atoms with van der Waals surface area (Å²) in [4.78, 5) is 12.8. The van der Waals surface area contributed by atoms with Gasteiger partial charge in [0, 0.05) is 48.4 Å². The number of rotatable bonds is 7. The van der Waals surface area contributed by atoms with E-state index in [9.17, 15) is 13.2 Å². The van der Waals surface area contributed by atoms with Crippen molar-refractivity contribution in [2.24, 2.45) is 13.0 Å². The van der Waals surface area contributed by atoms with Gasteiger partial charge in [-0.05, 0) is 55.9 Å². The highest BCUT2D eigenvalue weighted by Crippen LogP contribution is 2.35. The van der Waals surface area contributed by atoms with Crippen LogP contribution in [0.15, 0.2) is 34.1 Å². The Kier molecular flexibility index (Phi) is 5.47. The normalized spacial score (nSPS) is 14.4. The molecular weight excluding hydrogens is 360 g/mol. The average molecular weight is 389 g/mol. The number of nitrogens with one attached hydrogen (secondary N) is 1. The predicted molar refractivity (Wildman–Crippen MR) is 110 cm³/mol. The van der Waals surface area contributed by atoms with E-state index < -0.39 is 9.84 Å². The van der Waals surface area contributed by atoms with Gasteiger partial charge in [-0.2, -0.15) is 0 Å². The lowest BCUT2D eigenvalue weighted by atomic mass is 9.95. The van der Waals surface area contributed by atoms with Crippen LogP contribution in [-0.4, -0.2) is 25.8 Å². The number of hydrogen-bond acceptors (Lipinski definition) is 4. The molecule has 1 aromatic heterocycles. The van der Waals surface area contributed by atoms with Gasteiger partial charge in [-0.3, -0.25) is 4.79 Å². The van der Waals surface area contributed by atoms with Gasteiger partial charge in [0.15, 0.2) is 9.84 Å². The zero-order valence-corrected chi connectivity index (χ0v) is 17.3. The fraction of sp³-hybridized carbons (Fsp3) is 0.476. The van der Waals surface area contributed by atoms with E-state index in [1.165, 1.54) is 19.1 Å². The molecule has 0 saturated heterocycles. The van der Waals surface area contributed by atoms with Crippen LogP contribution >= 0.6 is 0 Å². The van der Waals surface area contributed by atoms with Gasteiger partial charge in [-0.1, -0.05) is 13.3 Å². The summed E-state index contributed by atoms with van der Waals surface area (Å²) in [5, 5.41) is 3.48. The van der Waals surface area contributed by atoms with E-state index in [1.807, 2.05) is 19.2 Å². The van der Waals surface area contributed by atoms with Crippen LogP contribution in [0.5, 0.6) is 0 Å². The Morgan fingerprint density at radius 2 is 1.93 bits per heavy atom. The second kappa shape index (κ2) is 7.50. The number of aryl methyl sites for hydroxylation is 1. The third-order valence-electron chi connectivity index (χ3n) is 5.25. The summed E-state index contributed by atoms with van der Waals surface area (Å²) in [6.45, 7) is 4.90. The molecule has 146 valence electrons. The molecule has 0 radical (unpaired) electrons. The van der Waals surface area contributed by atoms with Crippen molar-refractivity contribution in [2.45, 2.75) is 44.4 Å². The van der Waals surface area contributed by atoms with Crippen molar-refractivity contribution in [3.05, 3.63) is 45.9 Å². The zero-order chi connectivity index (χ0) is 19.8. The van der Waals surface area contributed by atoms with Gasteiger partial charge in [-0.25, -0.2) is 8.42 Å². The number of nitrogens with zero attached hydrogens (tertiary/aromatic N) is 1. The van der Waals surface area contributed by atoms with Crippen LogP contribution < -0.4 is 10.9 Å². The monoisotopic (exact) mass is 388 g/mol. The summed E-state index contributed by atoms with van der Waals surface area (Å²) >= 11 is 0. The first kappa shape index (κ1) is 19.7. The Hall–Kier alpha value is -2.08. The maximum absolute atomic E-state index is 12.5. The fourth-order valence-electron chi connectivity index (χ4n) is 3.41. The summed E-state index contributed by atoms with van der Waals surface area (Å²) in [5.74, 6) is 0.698. The summed E-state index contributed by atoms with van der Waals surface area (Å²) in [5.41, 5.74) is 4.41. The smallest absolute Gasteiger partial charge is 0.253 e. The molecule has 1 fully saturated rings. The molecule has 1 aliphatic carbocycles. The minimum absolute atomic E-state index is 0.0184. The highest BCUT2D eigenvalue weighted by Gasteiger charge is 2.22. The number of anilines is 1. The fourth-order valence-corrected chi connectivity index (χ4v) is 4.06. The quantitative estimate of drug-likeness (QED) is 0.788. The maximum atomic E-state index is 12.5. The molecule has 1 aliphatic rings. The molecule has 5 nitrogen and oxygen atoms in total. The Morgan fingerprint density at radius 1 is 1.22 bits per heavy atom. The van der Waals surface area contributed by atoms with Crippen molar-refractivity contribution in [1.82, 2.24) is 4.57 Å². The highest BCUT2D eigenvalue weighted by molar-refractivity contribution is 7.90. The van der Waals surface area contributed by atoms with Gasteiger partial charge in [0.1, 0.15) is 0 Å². The van der Waals surface area contributed by atoms with Crippen LogP contribution in [-0.2, 0) is 23.3 Å². The van der Waals surface area contributed by atoms with Crippen LogP contribution in [0.3, 0.4) is 0 Å². The third kappa shape index (κ3) is 4.26. The summed E-state index contributed by atoms with van der Waals surface area (Å²) in [6, 6.07) is 5.23. The first-order chi connectivity index (χ1) is 12.7. The molecule has 1 heterocycles. The number of aromatic nitrogens is 1. The number of benzene rings is 1. The largest absolute Gasteiger partial charge is 0.384 e. The Bertz CT molecular complexity index is 1020. The van der Waals surface area contributed by atoms with E-state index in [1.54, 1.807) is 23.7 Å². The van der Waals surface area contributed by atoms with Crippen molar-refractivity contribution in [3.8, 4) is 11.1 Å². The topological polar surface area (TPSA) is 68.2 Å². The lowest BCUT2D eigenvalue weighted by Gasteiger charge is -2.18. The summed E-state index contributed by atoms with van der Waals surface area (Å²) in [7, 11) is -1.56. The van der Waals surface area contributed by atoms with Gasteiger partial charge in [-0.15, -0.1) is 0 Å². The van der Waals surface area contributed by atoms with Crippen molar-refractivity contribution >= 4 is 15.5 Å². The van der Waals surface area contributed by atoms with Crippen LogP contribution in [0.4, 0.5) is 5.69 Å². The van der Waals surface area contributed by atoms with Gasteiger partial charge in [0.2, 0.25) is 0 Å². The SMILES string of the molecule is CCCc1c(C)c(-c2cc(S(C)(=O)=O)ccc2NCC2CC2)cn(C)c1=O. The molecule has 3 rings (SSSR count). The standard InChI is InChI=1S/C21H28N2O3S/c1-5-6-17-14(2)19(13-23(3)21(17)24)18-11-16(27(4,25)26)9-10-20(18)22-12-15-7-8-15/h9-11,13,15,22H,5-8,12H2,1-4H3. The number of sulfone groups is 1. The number of pyridine rings is 1. The van der Waals surface area contributed by atoms with Crippen molar-refractivity contribution < 1.29 is 8.42 Å². The highest BCUT2D eigenvalue weighted by atomic mass is 32.2. The van der Waals surface area contributed by atoms with E-state index in [2.05, 4.69) is 12.2 Å². The molecule has 0 atom stereocenters. The lowest BCUT2D eigenvalue weighted by molar-refractivity contribution is 0.602. The number of hydrogen-bond donors (Lipinski definition) is 1. The molecule has 27 heavy (non-hydrogen) atoms. The zero-order valence-electron chi connectivity index (χ0n) is 16.5. The lowest BCUT2D eigenvalue weighted by Crippen LogP contribution is -2.22. The third-order valence-corrected chi connectivity index (χ3v) is 6.36. The molecule has 0 unspecified atom stereocenters. The maximum Gasteiger partial charge on any atom is 0.253 e. The first-order valence-electron chi connectivity index (χ1n) is 9.49. The summed E-state index contributed by atoms with van der Waals surface area (Å²) < 4.78 is 25.8. The summed E-state index contributed by atoms with van der Waals surface area (Å²) in [6.07, 6.45) is 7.12. The molecule has 2 aromatic rings. The molecule has 1 aromatic carbocycles. The molecule has 1 N–H and O–H groups in total. The van der Waals surface area contributed by atoms with Gasteiger partial charge in [0.05, 0.1) is 4.90 Å². The molecule has 0 amide bonds. The molecule has 1 saturated carbocycles. The van der Waals surface area contributed by atoms with Gasteiger partial charge in [0.25, 0.3) is 5.56 Å². The van der Waals surface area contributed by atoms with E-state index >= 15 is 0 Å². The molecule has 6 heteroatoms. The second-order valence-corrected chi connectivity index (χ2v) is 9.63. The molecular formula is C21H28N2O3S. The Labute approximate surface area is 161 Å². The van der Waals surface area contributed by atoms with E-state index in [-0.39, 0.29) is 5.56 Å². The Morgan fingerprint density at radius 3 is 2.52 bits per heavy atom. The van der Waals surface area contributed by atoms with E-state index in [4.69, 9.17) is 0 Å². The van der Waals surface area contributed by atoms with Crippen molar-refractivity contribution in [2.75, 3.05) is 18.1 Å². The Balaban J connectivity index is 2.19. The van der Waals surface area contributed by atoms with E-state index in [0.29, 0.717) is 17.2 Å². The molecule has 0 bridgehead atoms. The first-order valence-corrected chi connectivity index (χ1v) is 11.4. The van der Waals surface area contributed by atoms with Crippen LogP contribution in [0.1, 0.15) is 37.3 Å². The second-order valence-electron chi connectivity index (χ2n) is 7.62. The van der Waals surface area contributed by atoms with E-state index in [0.717, 1.165) is 40.9 Å². The predicted octanol–water partition coefficient (Wildman–Crippen LogP) is 3.54. The van der Waals surface area contributed by atoms with Gasteiger partial charge >= 0.3 is 0 Å². The van der Waals surface area contributed by atoms with Crippen molar-refractivity contribution in [3.63, 3.8) is 0 Å². The van der Waals surface area contributed by atoms with Crippen molar-refractivity contribution in [1.29, 1.82) is 0 Å². The average Bonchev–Trinajstić information content (AvgIpc) is 3.43. The van der Waals surface area contributed by atoms with Crippen LogP contribution in [0.2, 0.25) is 0 Å². The molecule has 0 aliphatic heterocycles. The van der Waals surface area contributed by atoms with Crippen LogP contribution in [0.25, 0.3) is 11.1 Å². The molecule has 0 spiro atoms. The van der Waals surface area contributed by atoms with Crippen LogP contribution in [0, 0.1) is 12.8 Å². The van der Waals surface area contributed by atoms with Gasteiger partial charge < -0.3 is 9.88 Å².